The first-order valence-corrected chi connectivity index (χ1v) is 10.2. The van der Waals surface area contributed by atoms with E-state index in [2.05, 4.69) is 15.5 Å². The number of carbonyl (C=O) groups excluding carboxylic acids is 1. The Kier molecular flexibility index (Phi) is 6.46. The first kappa shape index (κ1) is 21.1. The van der Waals surface area contributed by atoms with Crippen molar-refractivity contribution in [3.8, 4) is 11.5 Å². The number of amides is 1. The van der Waals surface area contributed by atoms with Gasteiger partial charge in [0.1, 0.15) is 30.5 Å². The minimum atomic E-state index is -0.216. The fourth-order valence-corrected chi connectivity index (χ4v) is 3.08. The first-order valence-electron chi connectivity index (χ1n) is 10.2. The van der Waals surface area contributed by atoms with E-state index in [0.29, 0.717) is 36.0 Å². The van der Waals surface area contributed by atoms with Crippen LogP contribution in [0.2, 0.25) is 0 Å². The fraction of sp³-hybridized carbons (Fsp3) is 0.160. The first-order chi connectivity index (χ1) is 15.6. The lowest BCUT2D eigenvalue weighted by Gasteiger charge is -2.10. The predicted octanol–water partition coefficient (Wildman–Crippen LogP) is 5.10. The quantitative estimate of drug-likeness (QED) is 0.420. The van der Waals surface area contributed by atoms with Crippen LogP contribution in [0.3, 0.4) is 0 Å². The zero-order chi connectivity index (χ0) is 22.3. The smallest absolute Gasteiger partial charge is 0.255 e. The number of aryl methyl sites for hydroxylation is 2. The molecule has 0 aliphatic carbocycles. The molecular weight excluding hydrogens is 406 g/mol. The van der Waals surface area contributed by atoms with Crippen LogP contribution in [-0.2, 0) is 13.2 Å². The summed E-state index contributed by atoms with van der Waals surface area (Å²) >= 11 is 0. The van der Waals surface area contributed by atoms with Crippen molar-refractivity contribution >= 4 is 11.6 Å². The Morgan fingerprint density at radius 3 is 2.50 bits per heavy atom. The van der Waals surface area contributed by atoms with Gasteiger partial charge in [-0.05, 0) is 56.3 Å². The third-order valence-corrected chi connectivity index (χ3v) is 4.90. The average Bonchev–Trinajstić information content (AvgIpc) is 3.14. The molecule has 2 heterocycles. The molecule has 0 bridgehead atoms. The van der Waals surface area contributed by atoms with Crippen molar-refractivity contribution in [2.75, 3.05) is 5.32 Å². The Hall–Kier alpha value is -4.13. The molecule has 0 saturated carbocycles. The Morgan fingerprint density at radius 1 is 0.969 bits per heavy atom. The molecule has 0 aliphatic rings. The number of ether oxygens (including phenoxy) is 2. The summed E-state index contributed by atoms with van der Waals surface area (Å²) in [4.78, 5) is 16.7. The second kappa shape index (κ2) is 9.78. The third kappa shape index (κ3) is 5.31. The van der Waals surface area contributed by atoms with Gasteiger partial charge < -0.3 is 19.3 Å². The number of benzene rings is 2. The Morgan fingerprint density at radius 2 is 1.78 bits per heavy atom. The van der Waals surface area contributed by atoms with E-state index < -0.39 is 0 Å². The van der Waals surface area contributed by atoms with Gasteiger partial charge >= 0.3 is 0 Å². The van der Waals surface area contributed by atoms with Crippen LogP contribution in [-0.4, -0.2) is 16.0 Å². The minimum Gasteiger partial charge on any atom is -0.489 e. The highest BCUT2D eigenvalue weighted by Crippen LogP contribution is 2.21. The number of pyridine rings is 1. The molecule has 32 heavy (non-hydrogen) atoms. The molecular formula is C25H23N3O4. The van der Waals surface area contributed by atoms with E-state index in [-0.39, 0.29) is 5.91 Å². The van der Waals surface area contributed by atoms with Crippen LogP contribution in [0.25, 0.3) is 0 Å². The maximum absolute atomic E-state index is 12.6. The minimum absolute atomic E-state index is 0.216. The molecule has 2 aromatic heterocycles. The summed E-state index contributed by atoms with van der Waals surface area (Å²) in [5.41, 5.74) is 3.88. The van der Waals surface area contributed by atoms with E-state index >= 15 is 0 Å². The molecule has 0 aliphatic heterocycles. The molecule has 4 rings (SSSR count). The molecule has 0 unspecified atom stereocenters. The number of nitrogens with zero attached hydrogens (tertiary/aromatic N) is 2. The highest BCUT2D eigenvalue weighted by Gasteiger charge is 2.11. The summed E-state index contributed by atoms with van der Waals surface area (Å²) in [6.45, 7) is 4.49. The summed E-state index contributed by atoms with van der Waals surface area (Å²) in [5, 5.41) is 6.81. The van der Waals surface area contributed by atoms with Gasteiger partial charge in [-0.1, -0.05) is 17.3 Å². The van der Waals surface area contributed by atoms with Gasteiger partial charge in [0.15, 0.2) is 0 Å². The molecule has 0 radical (unpaired) electrons. The molecule has 0 saturated heterocycles. The normalized spacial score (nSPS) is 10.6. The van der Waals surface area contributed by atoms with Crippen LogP contribution in [0.1, 0.15) is 32.9 Å². The van der Waals surface area contributed by atoms with Crippen LogP contribution in [0, 0.1) is 13.8 Å². The van der Waals surface area contributed by atoms with Crippen molar-refractivity contribution < 1.29 is 18.8 Å². The van der Waals surface area contributed by atoms with Crippen molar-refractivity contribution in [2.45, 2.75) is 27.1 Å². The highest BCUT2D eigenvalue weighted by molar-refractivity contribution is 6.04. The summed E-state index contributed by atoms with van der Waals surface area (Å²) in [7, 11) is 0. The number of carbonyl (C=O) groups is 1. The van der Waals surface area contributed by atoms with Crippen LogP contribution >= 0.6 is 0 Å². The second-order valence-corrected chi connectivity index (χ2v) is 7.25. The van der Waals surface area contributed by atoms with Crippen LogP contribution in [0.5, 0.6) is 11.5 Å². The number of aromatic nitrogens is 2. The maximum Gasteiger partial charge on any atom is 0.255 e. The van der Waals surface area contributed by atoms with Crippen LogP contribution in [0.15, 0.2) is 77.6 Å². The van der Waals surface area contributed by atoms with Gasteiger partial charge in [-0.15, -0.1) is 0 Å². The van der Waals surface area contributed by atoms with Gasteiger partial charge in [0, 0.05) is 35.3 Å². The molecule has 7 heteroatoms. The van der Waals surface area contributed by atoms with Crippen molar-refractivity contribution in [2.24, 2.45) is 0 Å². The summed E-state index contributed by atoms with van der Waals surface area (Å²) < 4.78 is 16.7. The topological polar surface area (TPSA) is 86.5 Å². The number of rotatable bonds is 8. The van der Waals surface area contributed by atoms with E-state index in [1.165, 1.54) is 0 Å². The van der Waals surface area contributed by atoms with Crippen LogP contribution < -0.4 is 14.8 Å². The van der Waals surface area contributed by atoms with Crippen LogP contribution in [0.4, 0.5) is 5.69 Å². The summed E-state index contributed by atoms with van der Waals surface area (Å²) in [5.74, 6) is 1.85. The Labute approximate surface area is 186 Å². The van der Waals surface area contributed by atoms with E-state index in [1.54, 1.807) is 42.7 Å². The summed E-state index contributed by atoms with van der Waals surface area (Å²) in [6.07, 6.45) is 3.48. The lowest BCUT2D eigenvalue weighted by atomic mass is 10.2. The zero-order valence-corrected chi connectivity index (χ0v) is 17.9. The number of hydrogen-bond acceptors (Lipinski definition) is 6. The second-order valence-electron chi connectivity index (χ2n) is 7.25. The van der Waals surface area contributed by atoms with Gasteiger partial charge in [0.05, 0.1) is 11.3 Å². The molecule has 0 spiro atoms. The van der Waals surface area contributed by atoms with Gasteiger partial charge in [0.2, 0.25) is 0 Å². The molecule has 1 N–H and O–H groups in total. The summed E-state index contributed by atoms with van der Waals surface area (Å²) in [6, 6.07) is 18.1. The maximum atomic E-state index is 12.6. The lowest BCUT2D eigenvalue weighted by molar-refractivity contribution is 0.102. The van der Waals surface area contributed by atoms with Crippen molar-refractivity contribution in [1.29, 1.82) is 0 Å². The fourth-order valence-electron chi connectivity index (χ4n) is 3.08. The average molecular weight is 429 g/mol. The Bertz CT molecular complexity index is 1170. The molecule has 162 valence electrons. The molecule has 0 fully saturated rings. The third-order valence-electron chi connectivity index (χ3n) is 4.90. The van der Waals surface area contributed by atoms with E-state index in [4.69, 9.17) is 14.0 Å². The number of anilines is 1. The van der Waals surface area contributed by atoms with Gasteiger partial charge in [-0.25, -0.2) is 0 Å². The van der Waals surface area contributed by atoms with Crippen molar-refractivity contribution in [3.05, 3.63) is 101 Å². The highest BCUT2D eigenvalue weighted by atomic mass is 16.5. The van der Waals surface area contributed by atoms with Gasteiger partial charge in [-0.3, -0.25) is 9.78 Å². The van der Waals surface area contributed by atoms with Crippen molar-refractivity contribution in [1.82, 2.24) is 10.1 Å². The molecule has 4 aromatic rings. The van der Waals surface area contributed by atoms with E-state index in [1.807, 2.05) is 44.2 Å². The molecule has 7 nitrogen and oxygen atoms in total. The van der Waals surface area contributed by atoms with E-state index in [0.717, 1.165) is 22.6 Å². The number of hydrogen-bond donors (Lipinski definition) is 1. The lowest BCUT2D eigenvalue weighted by Crippen LogP contribution is -2.11. The number of nitrogens with one attached hydrogen (secondary N) is 1. The largest absolute Gasteiger partial charge is 0.489 e. The van der Waals surface area contributed by atoms with E-state index in [9.17, 15) is 4.79 Å². The predicted molar refractivity (Wildman–Crippen MR) is 120 cm³/mol. The monoisotopic (exact) mass is 429 g/mol. The molecule has 1 amide bonds. The van der Waals surface area contributed by atoms with Gasteiger partial charge in [-0.2, -0.15) is 0 Å². The van der Waals surface area contributed by atoms with Gasteiger partial charge in [0.25, 0.3) is 5.91 Å². The molecule has 2 aromatic carbocycles. The van der Waals surface area contributed by atoms with Crippen molar-refractivity contribution in [3.63, 3.8) is 0 Å². The zero-order valence-electron chi connectivity index (χ0n) is 17.9. The Balaban J connectivity index is 1.33. The SMILES string of the molecule is Cc1noc(C)c1COc1ccc(C(=O)Nc2cccc(OCc3cccnc3)c2)cc1. The molecule has 0 atom stereocenters. The standard InChI is InChI=1S/C25H23N3O4/c1-17-24(18(2)32-28-17)16-31-22-10-8-20(9-11-22)25(29)27-21-6-3-7-23(13-21)30-15-19-5-4-12-26-14-19/h3-14H,15-16H2,1-2H3,(H,27,29).